The molecular weight excluding hydrogens is 342 g/mol. The van der Waals surface area contributed by atoms with E-state index in [2.05, 4.69) is 41.4 Å². The summed E-state index contributed by atoms with van der Waals surface area (Å²) in [6.45, 7) is 7.78. The van der Waals surface area contributed by atoms with Crippen LogP contribution in [0.25, 0.3) is 0 Å². The number of likely N-dealkylation sites (tertiary alicyclic amines) is 1. The molecule has 26 heavy (non-hydrogen) atoms. The Morgan fingerprint density at radius 2 is 2.04 bits per heavy atom. The topological polar surface area (TPSA) is 36.9 Å². The molecule has 0 saturated carbocycles. The minimum atomic E-state index is 0.494. The molecule has 0 radical (unpaired) electrons. The molecule has 3 unspecified atom stereocenters. The number of nitrogens with one attached hydrogen (secondary N) is 1. The van der Waals surface area contributed by atoms with Crippen molar-refractivity contribution in [3.63, 3.8) is 0 Å². The van der Waals surface area contributed by atoms with E-state index in [0.717, 1.165) is 50.9 Å². The van der Waals surface area contributed by atoms with Gasteiger partial charge in [-0.3, -0.25) is 4.99 Å². The van der Waals surface area contributed by atoms with Crippen LogP contribution < -0.4 is 10.1 Å². The lowest BCUT2D eigenvalue weighted by atomic mass is 10.1. The van der Waals surface area contributed by atoms with Crippen LogP contribution in [0.4, 0.5) is 0 Å². The Labute approximate surface area is 161 Å². The van der Waals surface area contributed by atoms with Gasteiger partial charge in [0.25, 0.3) is 0 Å². The third-order valence-electron chi connectivity index (χ3n) is 5.85. The van der Waals surface area contributed by atoms with Crippen molar-refractivity contribution >= 4 is 16.8 Å². The van der Waals surface area contributed by atoms with Gasteiger partial charge in [0, 0.05) is 23.4 Å². The SMILES string of the molecule is CC1CCCN1CCCOc1ccc(C2=NC3CCNCCC3S2)cc1. The highest BCUT2D eigenvalue weighted by Gasteiger charge is 2.31. The Balaban J connectivity index is 1.25. The van der Waals surface area contributed by atoms with Crippen LogP contribution in [-0.2, 0) is 0 Å². The quantitative estimate of drug-likeness (QED) is 0.774. The summed E-state index contributed by atoms with van der Waals surface area (Å²) in [4.78, 5) is 7.57. The maximum Gasteiger partial charge on any atom is 0.119 e. The number of rotatable bonds is 6. The molecule has 3 heterocycles. The van der Waals surface area contributed by atoms with Gasteiger partial charge in [-0.15, -0.1) is 11.8 Å². The Hall–Kier alpha value is -1.04. The van der Waals surface area contributed by atoms with E-state index >= 15 is 0 Å². The van der Waals surface area contributed by atoms with E-state index < -0.39 is 0 Å². The molecule has 3 aliphatic rings. The van der Waals surface area contributed by atoms with Crippen LogP contribution in [0.3, 0.4) is 0 Å². The van der Waals surface area contributed by atoms with Crippen molar-refractivity contribution in [2.45, 2.75) is 56.4 Å². The molecule has 1 aromatic carbocycles. The second kappa shape index (κ2) is 8.77. The van der Waals surface area contributed by atoms with Gasteiger partial charge in [-0.05, 0) is 82.9 Å². The van der Waals surface area contributed by atoms with E-state index in [9.17, 15) is 0 Å². The van der Waals surface area contributed by atoms with Crippen molar-refractivity contribution in [3.05, 3.63) is 29.8 Å². The minimum absolute atomic E-state index is 0.494. The molecule has 1 N–H and O–H groups in total. The molecule has 0 aliphatic carbocycles. The predicted molar refractivity (Wildman–Crippen MR) is 111 cm³/mol. The first-order valence-corrected chi connectivity index (χ1v) is 11.1. The van der Waals surface area contributed by atoms with Gasteiger partial charge in [0.2, 0.25) is 0 Å². The molecule has 5 heteroatoms. The van der Waals surface area contributed by atoms with Crippen LogP contribution in [0.5, 0.6) is 5.75 Å². The first kappa shape index (κ1) is 18.3. The Morgan fingerprint density at radius 3 is 2.85 bits per heavy atom. The van der Waals surface area contributed by atoms with Gasteiger partial charge in [-0.2, -0.15) is 0 Å². The van der Waals surface area contributed by atoms with Gasteiger partial charge in [-0.1, -0.05) is 0 Å². The summed E-state index contributed by atoms with van der Waals surface area (Å²) in [6, 6.07) is 9.80. The van der Waals surface area contributed by atoms with Crippen LogP contribution in [0.1, 0.15) is 44.6 Å². The molecule has 0 spiro atoms. The molecule has 0 aromatic heterocycles. The van der Waals surface area contributed by atoms with Crippen LogP contribution in [0.15, 0.2) is 29.3 Å². The van der Waals surface area contributed by atoms with Gasteiger partial charge in [-0.25, -0.2) is 0 Å². The standard InChI is InChI=1S/C21H31N3OS/c1-16-4-2-13-24(16)14-3-15-25-18-7-5-17(6-8-18)21-23-19-9-11-22-12-10-20(19)26-21/h5-8,16,19-20,22H,2-4,9-15H2,1H3. The number of nitrogens with zero attached hydrogens (tertiary/aromatic N) is 2. The summed E-state index contributed by atoms with van der Waals surface area (Å²) in [5.41, 5.74) is 1.24. The van der Waals surface area contributed by atoms with Crippen LogP contribution >= 0.6 is 11.8 Å². The van der Waals surface area contributed by atoms with Gasteiger partial charge >= 0.3 is 0 Å². The summed E-state index contributed by atoms with van der Waals surface area (Å²) in [5, 5.41) is 5.36. The highest BCUT2D eigenvalue weighted by molar-refractivity contribution is 8.15. The zero-order valence-corrected chi connectivity index (χ0v) is 16.6. The first-order chi connectivity index (χ1) is 12.8. The molecule has 4 nitrogen and oxygen atoms in total. The zero-order valence-electron chi connectivity index (χ0n) is 15.8. The normalized spacial score (nSPS) is 29.3. The summed E-state index contributed by atoms with van der Waals surface area (Å²) >= 11 is 1.97. The van der Waals surface area contributed by atoms with Crippen molar-refractivity contribution < 1.29 is 4.74 Å². The van der Waals surface area contributed by atoms with Crippen molar-refractivity contribution in [3.8, 4) is 5.75 Å². The van der Waals surface area contributed by atoms with Crippen molar-refractivity contribution in [2.75, 3.05) is 32.8 Å². The molecule has 0 bridgehead atoms. The number of benzene rings is 1. The monoisotopic (exact) mass is 373 g/mol. The van der Waals surface area contributed by atoms with E-state index in [-0.39, 0.29) is 0 Å². The second-order valence-corrected chi connectivity index (χ2v) is 8.97. The fourth-order valence-corrected chi connectivity index (χ4v) is 5.57. The van der Waals surface area contributed by atoms with E-state index in [1.807, 2.05) is 11.8 Å². The van der Waals surface area contributed by atoms with E-state index in [4.69, 9.17) is 9.73 Å². The van der Waals surface area contributed by atoms with Crippen molar-refractivity contribution in [2.24, 2.45) is 4.99 Å². The molecule has 3 aliphatic heterocycles. The van der Waals surface area contributed by atoms with Gasteiger partial charge in [0.15, 0.2) is 0 Å². The second-order valence-electron chi connectivity index (χ2n) is 7.74. The number of thioether (sulfide) groups is 1. The molecule has 2 fully saturated rings. The van der Waals surface area contributed by atoms with Gasteiger partial charge < -0.3 is 15.0 Å². The smallest absolute Gasteiger partial charge is 0.119 e. The van der Waals surface area contributed by atoms with E-state index in [1.165, 1.54) is 36.4 Å². The van der Waals surface area contributed by atoms with Crippen molar-refractivity contribution in [1.29, 1.82) is 0 Å². The number of hydrogen-bond donors (Lipinski definition) is 1. The summed E-state index contributed by atoms with van der Waals surface area (Å²) in [5.74, 6) is 0.977. The summed E-state index contributed by atoms with van der Waals surface area (Å²) in [7, 11) is 0. The molecular formula is C21H31N3OS. The fraction of sp³-hybridized carbons (Fsp3) is 0.667. The molecule has 3 atom stereocenters. The average molecular weight is 374 g/mol. The maximum absolute atomic E-state index is 5.95. The predicted octanol–water partition coefficient (Wildman–Crippen LogP) is 3.55. The zero-order chi connectivity index (χ0) is 17.8. The molecule has 2 saturated heterocycles. The minimum Gasteiger partial charge on any atom is -0.494 e. The average Bonchev–Trinajstić information content (AvgIpc) is 3.19. The third-order valence-corrected chi connectivity index (χ3v) is 7.26. The van der Waals surface area contributed by atoms with Gasteiger partial charge in [0.05, 0.1) is 17.7 Å². The lowest BCUT2D eigenvalue weighted by molar-refractivity contribution is 0.230. The Bertz CT molecular complexity index is 618. The number of aliphatic imine (C=N–C) groups is 1. The van der Waals surface area contributed by atoms with Crippen LogP contribution in [0, 0.1) is 0 Å². The van der Waals surface area contributed by atoms with Crippen molar-refractivity contribution in [1.82, 2.24) is 10.2 Å². The first-order valence-electron chi connectivity index (χ1n) is 10.2. The Morgan fingerprint density at radius 1 is 1.19 bits per heavy atom. The Kier molecular flexibility index (Phi) is 6.18. The van der Waals surface area contributed by atoms with Gasteiger partial charge in [0.1, 0.15) is 5.75 Å². The largest absolute Gasteiger partial charge is 0.494 e. The number of ether oxygens (including phenoxy) is 1. The lowest BCUT2D eigenvalue weighted by Gasteiger charge is -2.20. The number of hydrogen-bond acceptors (Lipinski definition) is 5. The van der Waals surface area contributed by atoms with E-state index in [0.29, 0.717) is 11.3 Å². The maximum atomic E-state index is 5.95. The lowest BCUT2D eigenvalue weighted by Crippen LogP contribution is -2.28. The van der Waals surface area contributed by atoms with Crippen LogP contribution in [-0.4, -0.2) is 60.1 Å². The molecule has 0 amide bonds. The van der Waals surface area contributed by atoms with E-state index in [1.54, 1.807) is 0 Å². The highest BCUT2D eigenvalue weighted by atomic mass is 32.2. The fourth-order valence-electron chi connectivity index (χ4n) is 4.23. The molecule has 142 valence electrons. The summed E-state index contributed by atoms with van der Waals surface area (Å²) < 4.78 is 5.95. The molecule has 4 rings (SSSR count). The third kappa shape index (κ3) is 4.44. The summed E-state index contributed by atoms with van der Waals surface area (Å²) in [6.07, 6.45) is 6.19. The highest BCUT2D eigenvalue weighted by Crippen LogP contribution is 2.35. The molecule has 1 aromatic rings. The van der Waals surface area contributed by atoms with Crippen LogP contribution in [0.2, 0.25) is 0 Å². The number of fused-ring (bicyclic) bond motifs is 1.